The minimum Gasteiger partial charge on any atom is -0.497 e. The zero-order chi connectivity index (χ0) is 16.9. The van der Waals surface area contributed by atoms with Gasteiger partial charge in [0.05, 0.1) is 13.3 Å². The van der Waals surface area contributed by atoms with E-state index >= 15 is 0 Å². The van der Waals surface area contributed by atoms with Gasteiger partial charge in [0.1, 0.15) is 17.3 Å². The summed E-state index contributed by atoms with van der Waals surface area (Å²) < 4.78 is 10.9. The van der Waals surface area contributed by atoms with Gasteiger partial charge in [0.25, 0.3) is 0 Å². The van der Waals surface area contributed by atoms with Crippen LogP contribution in [0.4, 0.5) is 0 Å². The van der Waals surface area contributed by atoms with E-state index in [0.717, 1.165) is 28.8 Å². The number of hydrogen-bond donors (Lipinski definition) is 2. The fraction of sp³-hybridized carbons (Fsp3) is 0.333. The summed E-state index contributed by atoms with van der Waals surface area (Å²) in [5.41, 5.74) is 3.90. The summed E-state index contributed by atoms with van der Waals surface area (Å²) in [5, 5.41) is 7.66. The number of methoxy groups -OCH3 is 1. The van der Waals surface area contributed by atoms with E-state index in [0.29, 0.717) is 17.6 Å². The van der Waals surface area contributed by atoms with Gasteiger partial charge in [-0.1, -0.05) is 19.1 Å². The Hall–Kier alpha value is -2.34. The second-order valence-corrected chi connectivity index (χ2v) is 6.37. The molecule has 2 atom stereocenters. The molecule has 0 radical (unpaired) electrons. The van der Waals surface area contributed by atoms with Crippen molar-refractivity contribution in [1.82, 2.24) is 10.7 Å². The van der Waals surface area contributed by atoms with Crippen LogP contribution < -0.4 is 15.5 Å². The number of hydrazone groups is 1. The number of nitrogens with one attached hydrogen (secondary N) is 2. The standard InChI is InChI=1S/C18H21N3O2S/c1-12-9-16(12)17-8-7-15(23-17)11-20-21-18(24)19-10-13-3-5-14(22-2)6-4-13/h3-8,11-12,16H,9-10H2,1-2H3,(H2,19,21,24)/b20-11-/t12-,16-/m0/s1. The highest BCUT2D eigenvalue weighted by atomic mass is 32.1. The summed E-state index contributed by atoms with van der Waals surface area (Å²) in [6.45, 7) is 2.85. The maximum absolute atomic E-state index is 5.75. The van der Waals surface area contributed by atoms with Crippen molar-refractivity contribution in [2.75, 3.05) is 7.11 Å². The molecule has 126 valence electrons. The average Bonchev–Trinajstić information content (AvgIpc) is 3.14. The fourth-order valence-corrected chi connectivity index (χ4v) is 2.60. The van der Waals surface area contributed by atoms with Gasteiger partial charge in [-0.2, -0.15) is 5.10 Å². The Labute approximate surface area is 147 Å². The Morgan fingerprint density at radius 3 is 2.75 bits per heavy atom. The van der Waals surface area contributed by atoms with Gasteiger partial charge >= 0.3 is 0 Å². The molecule has 0 bridgehead atoms. The van der Waals surface area contributed by atoms with Crippen LogP contribution in [-0.2, 0) is 6.54 Å². The predicted octanol–water partition coefficient (Wildman–Crippen LogP) is 3.41. The number of rotatable bonds is 6. The quantitative estimate of drug-likeness (QED) is 0.478. The summed E-state index contributed by atoms with van der Waals surface area (Å²) in [5.74, 6) is 3.92. The highest BCUT2D eigenvalue weighted by Crippen LogP contribution is 2.47. The Morgan fingerprint density at radius 2 is 2.08 bits per heavy atom. The summed E-state index contributed by atoms with van der Waals surface area (Å²) in [6.07, 6.45) is 2.85. The van der Waals surface area contributed by atoms with Crippen LogP contribution in [0.5, 0.6) is 5.75 Å². The number of ether oxygens (including phenoxy) is 1. The van der Waals surface area contributed by atoms with Crippen molar-refractivity contribution in [3.8, 4) is 5.75 Å². The minimum atomic E-state index is 0.463. The van der Waals surface area contributed by atoms with Crippen molar-refractivity contribution in [2.24, 2.45) is 11.0 Å². The molecule has 1 heterocycles. The van der Waals surface area contributed by atoms with Crippen molar-refractivity contribution < 1.29 is 9.15 Å². The lowest BCUT2D eigenvalue weighted by Gasteiger charge is -2.07. The lowest BCUT2D eigenvalue weighted by Crippen LogP contribution is -2.31. The lowest BCUT2D eigenvalue weighted by molar-refractivity contribution is 0.414. The third kappa shape index (κ3) is 4.35. The van der Waals surface area contributed by atoms with Gasteiger partial charge < -0.3 is 14.5 Å². The van der Waals surface area contributed by atoms with Crippen LogP contribution in [0.15, 0.2) is 45.9 Å². The predicted molar refractivity (Wildman–Crippen MR) is 98.4 cm³/mol. The molecule has 5 nitrogen and oxygen atoms in total. The number of furan rings is 1. The molecule has 0 saturated heterocycles. The Bertz CT molecular complexity index is 724. The number of benzene rings is 1. The molecule has 0 amide bonds. The molecular formula is C18H21N3O2S. The minimum absolute atomic E-state index is 0.463. The molecule has 2 aromatic rings. The first-order valence-electron chi connectivity index (χ1n) is 7.95. The highest BCUT2D eigenvalue weighted by Gasteiger charge is 2.36. The van der Waals surface area contributed by atoms with Crippen molar-refractivity contribution in [3.63, 3.8) is 0 Å². The van der Waals surface area contributed by atoms with Crippen LogP contribution in [0.3, 0.4) is 0 Å². The van der Waals surface area contributed by atoms with Gasteiger partial charge in [-0.3, -0.25) is 5.43 Å². The van der Waals surface area contributed by atoms with Crippen molar-refractivity contribution >= 4 is 23.5 Å². The summed E-state index contributed by atoms with van der Waals surface area (Å²) >= 11 is 5.20. The topological polar surface area (TPSA) is 58.8 Å². The first kappa shape index (κ1) is 16.5. The smallest absolute Gasteiger partial charge is 0.187 e. The normalized spacial score (nSPS) is 19.2. The molecule has 0 aliphatic heterocycles. The molecule has 3 rings (SSSR count). The molecule has 1 fully saturated rings. The van der Waals surface area contributed by atoms with E-state index < -0.39 is 0 Å². The van der Waals surface area contributed by atoms with Crippen LogP contribution in [0, 0.1) is 5.92 Å². The van der Waals surface area contributed by atoms with Gasteiger partial charge in [0.15, 0.2) is 5.11 Å². The molecule has 1 aliphatic rings. The maximum atomic E-state index is 5.75. The van der Waals surface area contributed by atoms with E-state index in [2.05, 4.69) is 22.8 Å². The molecule has 0 spiro atoms. The zero-order valence-corrected chi connectivity index (χ0v) is 14.6. The monoisotopic (exact) mass is 343 g/mol. The van der Waals surface area contributed by atoms with E-state index in [-0.39, 0.29) is 0 Å². The van der Waals surface area contributed by atoms with Crippen molar-refractivity contribution in [3.05, 3.63) is 53.5 Å². The van der Waals surface area contributed by atoms with E-state index in [1.165, 1.54) is 6.42 Å². The van der Waals surface area contributed by atoms with Gasteiger partial charge in [-0.15, -0.1) is 0 Å². The van der Waals surface area contributed by atoms with Crippen LogP contribution in [0.1, 0.15) is 36.3 Å². The van der Waals surface area contributed by atoms with E-state index in [1.807, 2.05) is 36.4 Å². The van der Waals surface area contributed by atoms with Crippen molar-refractivity contribution in [2.45, 2.75) is 25.8 Å². The van der Waals surface area contributed by atoms with E-state index in [9.17, 15) is 0 Å². The molecule has 1 aromatic carbocycles. The van der Waals surface area contributed by atoms with Gasteiger partial charge in [-0.25, -0.2) is 0 Å². The maximum Gasteiger partial charge on any atom is 0.187 e. The molecule has 2 N–H and O–H groups in total. The number of nitrogens with zero attached hydrogens (tertiary/aromatic N) is 1. The van der Waals surface area contributed by atoms with E-state index in [1.54, 1.807) is 13.3 Å². The molecule has 0 unspecified atom stereocenters. The summed E-state index contributed by atoms with van der Waals surface area (Å²) in [6, 6.07) is 11.8. The first-order chi connectivity index (χ1) is 11.7. The summed E-state index contributed by atoms with van der Waals surface area (Å²) in [4.78, 5) is 0. The summed E-state index contributed by atoms with van der Waals surface area (Å²) in [7, 11) is 1.65. The first-order valence-corrected chi connectivity index (χ1v) is 8.36. The van der Waals surface area contributed by atoms with Crippen LogP contribution in [0.2, 0.25) is 0 Å². The van der Waals surface area contributed by atoms with Gasteiger partial charge in [0.2, 0.25) is 0 Å². The SMILES string of the molecule is COc1ccc(CNC(=S)N/N=C\c2ccc([C@H]3C[C@@H]3C)o2)cc1. The van der Waals surface area contributed by atoms with Crippen molar-refractivity contribution in [1.29, 1.82) is 0 Å². The lowest BCUT2D eigenvalue weighted by atomic mass is 10.2. The number of thiocarbonyl (C=S) groups is 1. The van der Waals surface area contributed by atoms with Crippen LogP contribution in [0.25, 0.3) is 0 Å². The highest BCUT2D eigenvalue weighted by molar-refractivity contribution is 7.80. The molecule has 6 heteroatoms. The van der Waals surface area contributed by atoms with Crippen LogP contribution in [-0.4, -0.2) is 18.4 Å². The van der Waals surface area contributed by atoms with Gasteiger partial charge in [0, 0.05) is 12.5 Å². The molecule has 1 saturated carbocycles. The molecule has 1 aliphatic carbocycles. The third-order valence-corrected chi connectivity index (χ3v) is 4.33. The van der Waals surface area contributed by atoms with Gasteiger partial charge in [-0.05, 0) is 54.4 Å². The molecular weight excluding hydrogens is 322 g/mol. The second-order valence-electron chi connectivity index (χ2n) is 5.96. The average molecular weight is 343 g/mol. The third-order valence-electron chi connectivity index (χ3n) is 4.09. The largest absolute Gasteiger partial charge is 0.497 e. The Morgan fingerprint density at radius 1 is 1.33 bits per heavy atom. The van der Waals surface area contributed by atoms with E-state index in [4.69, 9.17) is 21.4 Å². The fourth-order valence-electron chi connectivity index (χ4n) is 2.48. The Kier molecular flexibility index (Phi) is 5.15. The zero-order valence-electron chi connectivity index (χ0n) is 13.8. The number of hydrogen-bond acceptors (Lipinski definition) is 4. The molecule has 1 aromatic heterocycles. The molecule has 24 heavy (non-hydrogen) atoms. The second kappa shape index (κ2) is 7.49. The van der Waals surface area contributed by atoms with Crippen LogP contribution >= 0.6 is 12.2 Å². The Balaban J connectivity index is 1.42.